The molecule has 60 heavy (non-hydrogen) atoms. The smallest absolute Gasteiger partial charge is 0.0714 e. The largest absolute Gasteiger partial charge is 0.309 e. The quantitative estimate of drug-likeness (QED) is 0.149. The maximum absolute atomic E-state index is 2.49. The van der Waals surface area contributed by atoms with Gasteiger partial charge in [0.05, 0.1) is 16.8 Å². The van der Waals surface area contributed by atoms with E-state index < -0.39 is 5.41 Å². The van der Waals surface area contributed by atoms with Gasteiger partial charge in [-0.05, 0) is 96.7 Å². The summed E-state index contributed by atoms with van der Waals surface area (Å²) in [6.45, 7) is 0. The second-order valence-corrected chi connectivity index (χ2v) is 15.6. The highest BCUT2D eigenvalue weighted by molar-refractivity contribution is 6.00. The summed E-state index contributed by atoms with van der Waals surface area (Å²) in [4.78, 5) is 2.49. The van der Waals surface area contributed by atoms with E-state index in [4.69, 9.17) is 0 Å². The van der Waals surface area contributed by atoms with E-state index in [-0.39, 0.29) is 0 Å². The van der Waals surface area contributed by atoms with Gasteiger partial charge in [0.2, 0.25) is 0 Å². The Morgan fingerprint density at radius 1 is 0.283 bits per heavy atom. The molecule has 1 nitrogen and oxygen atoms in total. The van der Waals surface area contributed by atoms with Crippen LogP contribution >= 0.6 is 0 Å². The monoisotopic (exact) mass is 763 g/mol. The first-order chi connectivity index (χ1) is 29.8. The van der Waals surface area contributed by atoms with Crippen LogP contribution in [0.5, 0.6) is 0 Å². The van der Waals surface area contributed by atoms with Gasteiger partial charge < -0.3 is 4.90 Å². The second kappa shape index (κ2) is 14.9. The van der Waals surface area contributed by atoms with Gasteiger partial charge in [0, 0.05) is 16.8 Å². The summed E-state index contributed by atoms with van der Waals surface area (Å²) in [6.07, 6.45) is 0. The van der Waals surface area contributed by atoms with Crippen LogP contribution in [0.1, 0.15) is 22.3 Å². The van der Waals surface area contributed by atoms with Gasteiger partial charge in [-0.15, -0.1) is 0 Å². The van der Waals surface area contributed by atoms with Crippen molar-refractivity contribution in [2.24, 2.45) is 0 Å². The predicted octanol–water partition coefficient (Wildman–Crippen LogP) is 15.7. The van der Waals surface area contributed by atoms with Crippen LogP contribution in [0.2, 0.25) is 0 Å². The predicted molar refractivity (Wildman–Crippen MR) is 252 cm³/mol. The molecule has 0 radical (unpaired) electrons. The number of fused-ring (bicyclic) bond motifs is 4. The molecule has 0 amide bonds. The molecule has 1 aliphatic rings. The zero-order valence-corrected chi connectivity index (χ0v) is 33.1. The summed E-state index contributed by atoms with van der Waals surface area (Å²) in [7, 11) is 0. The number of para-hydroxylation sites is 1. The Labute approximate surface area is 352 Å². The van der Waals surface area contributed by atoms with Gasteiger partial charge in [0.15, 0.2) is 0 Å². The van der Waals surface area contributed by atoms with E-state index in [2.05, 4.69) is 254 Å². The molecule has 0 fully saturated rings. The Morgan fingerprint density at radius 2 is 0.767 bits per heavy atom. The molecule has 0 aliphatic heterocycles. The number of anilines is 3. The molecular weight excluding hydrogens is 723 g/mol. The van der Waals surface area contributed by atoms with Crippen LogP contribution < -0.4 is 4.90 Å². The van der Waals surface area contributed by atoms with E-state index in [1.165, 1.54) is 66.4 Å². The number of rotatable bonds is 8. The Kier molecular flexibility index (Phi) is 8.79. The van der Waals surface area contributed by atoms with Gasteiger partial charge in [0.25, 0.3) is 0 Å². The van der Waals surface area contributed by atoms with Crippen molar-refractivity contribution in [1.82, 2.24) is 0 Å². The van der Waals surface area contributed by atoms with Crippen LogP contribution in [0, 0.1) is 0 Å². The Bertz CT molecular complexity index is 3070. The van der Waals surface area contributed by atoms with Crippen LogP contribution in [0.3, 0.4) is 0 Å². The molecule has 0 atom stereocenters. The lowest BCUT2D eigenvalue weighted by molar-refractivity contribution is 0.768. The third-order valence-corrected chi connectivity index (χ3v) is 12.4. The molecule has 0 aromatic heterocycles. The molecule has 0 spiro atoms. The van der Waals surface area contributed by atoms with E-state index in [9.17, 15) is 0 Å². The fourth-order valence-corrected chi connectivity index (χ4v) is 9.63. The lowest BCUT2D eigenvalue weighted by Gasteiger charge is -2.34. The first-order valence-electron chi connectivity index (χ1n) is 20.8. The normalized spacial score (nSPS) is 12.5. The molecule has 282 valence electrons. The highest BCUT2D eigenvalue weighted by Crippen LogP contribution is 2.59. The van der Waals surface area contributed by atoms with E-state index in [1.54, 1.807) is 0 Å². The van der Waals surface area contributed by atoms with Gasteiger partial charge in [0.1, 0.15) is 0 Å². The first kappa shape index (κ1) is 35.4. The molecule has 0 heterocycles. The third kappa shape index (κ3) is 5.86. The zero-order chi connectivity index (χ0) is 39.9. The molecule has 0 bridgehead atoms. The topological polar surface area (TPSA) is 3.24 Å². The lowest BCUT2D eigenvalue weighted by atomic mass is 9.68. The molecule has 10 aromatic carbocycles. The number of hydrogen-bond donors (Lipinski definition) is 0. The van der Waals surface area contributed by atoms with Gasteiger partial charge in [-0.1, -0.05) is 218 Å². The molecule has 10 aromatic rings. The highest BCUT2D eigenvalue weighted by atomic mass is 15.1. The average Bonchev–Trinajstić information content (AvgIpc) is 3.64. The minimum Gasteiger partial charge on any atom is -0.309 e. The highest BCUT2D eigenvalue weighted by Gasteiger charge is 2.47. The summed E-state index contributed by atoms with van der Waals surface area (Å²) in [6, 6.07) is 91.0. The number of hydrogen-bond acceptors (Lipinski definition) is 1. The maximum atomic E-state index is 2.49. The zero-order valence-electron chi connectivity index (χ0n) is 33.1. The SMILES string of the molecule is c1ccc(-c2ccc(N(c3ccccc3-c3ccc(-c4ccc5ccccc5c4)cc3)c3cccc4c3-c3ccccc3C4(c3ccccc3)c3ccccc3)cc2)cc1. The minimum absolute atomic E-state index is 0.509. The summed E-state index contributed by atoms with van der Waals surface area (Å²) in [5.74, 6) is 0. The van der Waals surface area contributed by atoms with Crippen LogP contribution in [0.4, 0.5) is 17.1 Å². The summed E-state index contributed by atoms with van der Waals surface area (Å²) in [5, 5.41) is 2.50. The molecular formula is C59H41N. The van der Waals surface area contributed by atoms with Crippen molar-refractivity contribution in [2.45, 2.75) is 5.41 Å². The Hall–Kier alpha value is -7.74. The fraction of sp³-hybridized carbons (Fsp3) is 0.0169. The van der Waals surface area contributed by atoms with Crippen molar-refractivity contribution < 1.29 is 0 Å². The molecule has 1 heteroatoms. The molecule has 0 saturated heterocycles. The lowest BCUT2D eigenvalue weighted by Crippen LogP contribution is -2.28. The van der Waals surface area contributed by atoms with Crippen LogP contribution in [0.15, 0.2) is 249 Å². The van der Waals surface area contributed by atoms with Crippen molar-refractivity contribution in [2.75, 3.05) is 4.90 Å². The van der Waals surface area contributed by atoms with Crippen molar-refractivity contribution in [1.29, 1.82) is 0 Å². The fourth-order valence-electron chi connectivity index (χ4n) is 9.63. The number of benzene rings is 10. The van der Waals surface area contributed by atoms with Crippen molar-refractivity contribution in [3.05, 3.63) is 271 Å². The Morgan fingerprint density at radius 3 is 1.48 bits per heavy atom. The van der Waals surface area contributed by atoms with E-state index in [0.717, 1.165) is 28.2 Å². The summed E-state index contributed by atoms with van der Waals surface area (Å²) in [5.41, 5.74) is 17.6. The Balaban J connectivity index is 1.13. The van der Waals surface area contributed by atoms with Gasteiger partial charge in [-0.25, -0.2) is 0 Å². The second-order valence-electron chi connectivity index (χ2n) is 15.6. The number of nitrogens with zero attached hydrogens (tertiary/aromatic N) is 1. The van der Waals surface area contributed by atoms with Crippen molar-refractivity contribution in [3.8, 4) is 44.5 Å². The molecule has 0 unspecified atom stereocenters. The van der Waals surface area contributed by atoms with Crippen molar-refractivity contribution >= 4 is 27.8 Å². The summed E-state index contributed by atoms with van der Waals surface area (Å²) < 4.78 is 0. The minimum atomic E-state index is -0.509. The molecule has 0 N–H and O–H groups in total. The average molecular weight is 764 g/mol. The third-order valence-electron chi connectivity index (χ3n) is 12.4. The van der Waals surface area contributed by atoms with Crippen LogP contribution in [-0.2, 0) is 5.41 Å². The van der Waals surface area contributed by atoms with Gasteiger partial charge in [-0.2, -0.15) is 0 Å². The van der Waals surface area contributed by atoms with Crippen molar-refractivity contribution in [3.63, 3.8) is 0 Å². The molecule has 0 saturated carbocycles. The van der Waals surface area contributed by atoms with Gasteiger partial charge >= 0.3 is 0 Å². The van der Waals surface area contributed by atoms with E-state index in [0.29, 0.717) is 0 Å². The van der Waals surface area contributed by atoms with Crippen LogP contribution in [0.25, 0.3) is 55.3 Å². The van der Waals surface area contributed by atoms with Gasteiger partial charge in [-0.3, -0.25) is 0 Å². The standard InChI is InChI=1S/C59H41N/c1-4-17-42(18-5-1)44-37-39-51(40-38-44)60(56-29-15-13-25-52(56)46-34-31-45(32-35-46)48-36-33-43-19-10-11-20-47(43)41-48)57-30-16-28-55-58(57)53-26-12-14-27-54(53)59(55,49-21-6-2-7-22-49)50-23-8-3-9-24-50/h1-41H. The van der Waals surface area contributed by atoms with E-state index >= 15 is 0 Å². The van der Waals surface area contributed by atoms with E-state index in [1.807, 2.05) is 0 Å². The maximum Gasteiger partial charge on any atom is 0.0714 e. The molecule has 11 rings (SSSR count). The molecule has 1 aliphatic carbocycles. The van der Waals surface area contributed by atoms with Crippen LogP contribution in [-0.4, -0.2) is 0 Å². The first-order valence-corrected chi connectivity index (χ1v) is 20.8. The summed E-state index contributed by atoms with van der Waals surface area (Å²) >= 11 is 0.